The molecule has 166 valence electrons. The summed E-state index contributed by atoms with van der Waals surface area (Å²) in [6, 6.07) is 9.24. The predicted octanol–water partition coefficient (Wildman–Crippen LogP) is 5.72. The number of likely N-dealkylation sites (tertiary alicyclic amines) is 1. The van der Waals surface area contributed by atoms with Gasteiger partial charge in [-0.05, 0) is 47.5 Å². The molecule has 3 aromatic rings. The number of carbonyl (C=O) groups excluding carboxylic acids is 1. The van der Waals surface area contributed by atoms with Crippen molar-refractivity contribution in [1.29, 1.82) is 0 Å². The zero-order valence-electron chi connectivity index (χ0n) is 17.5. The highest BCUT2D eigenvalue weighted by Gasteiger charge is 2.29. The Morgan fingerprint density at radius 3 is 2.88 bits per heavy atom. The van der Waals surface area contributed by atoms with E-state index in [0.717, 1.165) is 21.6 Å². The molecule has 0 spiro atoms. The summed E-state index contributed by atoms with van der Waals surface area (Å²) in [7, 11) is 0. The fourth-order valence-corrected chi connectivity index (χ4v) is 5.32. The number of carbonyl (C=O) groups is 1. The van der Waals surface area contributed by atoms with Crippen LogP contribution in [0, 0.1) is 5.92 Å². The maximum absolute atomic E-state index is 14.1. The van der Waals surface area contributed by atoms with Gasteiger partial charge in [0.25, 0.3) is 11.8 Å². The molecule has 2 aromatic heterocycles. The summed E-state index contributed by atoms with van der Waals surface area (Å²) in [5.74, 6) is 0.962. The average molecular weight is 473 g/mol. The second kappa shape index (κ2) is 8.71. The maximum Gasteiger partial charge on any atom is 0.257 e. The molecule has 2 aliphatic heterocycles. The van der Waals surface area contributed by atoms with E-state index in [0.29, 0.717) is 48.4 Å². The molecule has 2 aliphatic rings. The van der Waals surface area contributed by atoms with Gasteiger partial charge in [0.2, 0.25) is 0 Å². The van der Waals surface area contributed by atoms with Crippen molar-refractivity contribution in [1.82, 2.24) is 9.88 Å². The second-order valence-electron chi connectivity index (χ2n) is 8.12. The third-order valence-corrected chi connectivity index (χ3v) is 7.26. The molecule has 0 aliphatic carbocycles. The Balaban J connectivity index is 1.39. The van der Waals surface area contributed by atoms with Crippen LogP contribution in [0.5, 0.6) is 11.6 Å². The van der Waals surface area contributed by atoms with Crippen molar-refractivity contribution in [3.05, 3.63) is 52.5 Å². The highest BCUT2D eigenvalue weighted by atomic mass is 35.5. The van der Waals surface area contributed by atoms with Crippen molar-refractivity contribution >= 4 is 28.8 Å². The van der Waals surface area contributed by atoms with Crippen LogP contribution in [0.15, 0.2) is 41.9 Å². The summed E-state index contributed by atoms with van der Waals surface area (Å²) in [5.41, 5.74) is 3.23. The van der Waals surface area contributed by atoms with Crippen LogP contribution in [-0.2, 0) is 0 Å². The lowest BCUT2D eigenvalue weighted by molar-refractivity contribution is 0.0541. The Morgan fingerprint density at radius 1 is 1.22 bits per heavy atom. The van der Waals surface area contributed by atoms with Crippen LogP contribution < -0.4 is 9.47 Å². The molecule has 32 heavy (non-hydrogen) atoms. The zero-order chi connectivity index (χ0) is 22.2. The fourth-order valence-electron chi connectivity index (χ4n) is 4.04. The molecular formula is C24H22ClFN2O3S. The number of aromatic nitrogens is 1. The van der Waals surface area contributed by atoms with E-state index in [9.17, 15) is 9.18 Å². The van der Waals surface area contributed by atoms with E-state index in [1.807, 2.05) is 30.5 Å². The van der Waals surface area contributed by atoms with E-state index in [1.165, 1.54) is 0 Å². The molecule has 4 heterocycles. The maximum atomic E-state index is 14.1. The van der Waals surface area contributed by atoms with E-state index in [4.69, 9.17) is 21.1 Å². The first-order valence-corrected chi connectivity index (χ1v) is 11.8. The molecular weight excluding hydrogens is 451 g/mol. The van der Waals surface area contributed by atoms with Crippen LogP contribution >= 0.6 is 22.9 Å². The molecule has 1 amide bonds. The topological polar surface area (TPSA) is 51.7 Å². The SMILES string of the molecule is C[C@H]1CCN(C(=O)c2ccc(-c3cc(-c4ccnc5c4OCCO5)cs3)c(Cl)c2)C[C@@H]1F. The van der Waals surface area contributed by atoms with Gasteiger partial charge in [0, 0.05) is 34.3 Å². The highest BCUT2D eigenvalue weighted by Crippen LogP contribution is 2.42. The standard InChI is InChI=1S/C24H22ClFN2O3S/c1-14-5-7-28(12-20(14)26)24(29)15-2-3-18(19(25)10-15)21-11-16(13-32-21)17-4-6-27-23-22(17)30-8-9-31-23/h2-4,6,10-11,13-14,20H,5,7-9,12H2,1H3/t14-,20-/m0/s1. The minimum atomic E-state index is -0.986. The first-order chi connectivity index (χ1) is 15.5. The van der Waals surface area contributed by atoms with Crippen molar-refractivity contribution < 1.29 is 18.7 Å². The van der Waals surface area contributed by atoms with Gasteiger partial charge in [-0.15, -0.1) is 11.3 Å². The van der Waals surface area contributed by atoms with E-state index >= 15 is 0 Å². The van der Waals surface area contributed by atoms with Crippen molar-refractivity contribution in [2.24, 2.45) is 5.92 Å². The van der Waals surface area contributed by atoms with Gasteiger partial charge in [-0.25, -0.2) is 9.37 Å². The molecule has 0 bridgehead atoms. The number of nitrogens with zero attached hydrogens (tertiary/aromatic N) is 2. The van der Waals surface area contributed by atoms with Crippen LogP contribution in [0.2, 0.25) is 5.02 Å². The number of ether oxygens (including phenoxy) is 2. The smallest absolute Gasteiger partial charge is 0.257 e. The molecule has 2 atom stereocenters. The first-order valence-electron chi connectivity index (χ1n) is 10.6. The number of fused-ring (bicyclic) bond motifs is 1. The summed E-state index contributed by atoms with van der Waals surface area (Å²) in [5, 5.41) is 2.52. The number of piperidine rings is 1. The summed E-state index contributed by atoms with van der Waals surface area (Å²) in [4.78, 5) is 19.6. The molecule has 1 aromatic carbocycles. The average Bonchev–Trinajstić information content (AvgIpc) is 3.29. The minimum Gasteiger partial charge on any atom is -0.484 e. The van der Waals surface area contributed by atoms with Crippen molar-refractivity contribution in [2.45, 2.75) is 19.5 Å². The Hall–Kier alpha value is -2.64. The molecule has 0 saturated carbocycles. The Morgan fingerprint density at radius 2 is 2.06 bits per heavy atom. The third-order valence-electron chi connectivity index (χ3n) is 5.99. The van der Waals surface area contributed by atoms with Gasteiger partial charge in [-0.2, -0.15) is 0 Å². The van der Waals surface area contributed by atoms with Crippen molar-refractivity contribution in [3.63, 3.8) is 0 Å². The third kappa shape index (κ3) is 3.95. The van der Waals surface area contributed by atoms with Gasteiger partial charge in [0.15, 0.2) is 5.75 Å². The molecule has 0 radical (unpaired) electrons. The molecule has 5 rings (SSSR count). The molecule has 1 saturated heterocycles. The number of benzene rings is 1. The van der Waals surface area contributed by atoms with Gasteiger partial charge in [-0.1, -0.05) is 24.6 Å². The van der Waals surface area contributed by atoms with Crippen LogP contribution in [0.25, 0.3) is 21.6 Å². The summed E-state index contributed by atoms with van der Waals surface area (Å²) < 4.78 is 25.4. The number of thiophene rings is 1. The number of hydrogen-bond acceptors (Lipinski definition) is 5. The van der Waals surface area contributed by atoms with E-state index in [2.05, 4.69) is 4.98 Å². The number of pyridine rings is 1. The first kappa shape index (κ1) is 21.2. The molecule has 0 unspecified atom stereocenters. The second-order valence-corrected chi connectivity index (χ2v) is 9.44. The van der Waals surface area contributed by atoms with Gasteiger partial charge in [0.05, 0.1) is 11.6 Å². The van der Waals surface area contributed by atoms with E-state index < -0.39 is 6.17 Å². The fraction of sp³-hybridized carbons (Fsp3) is 0.333. The Bertz CT molecular complexity index is 1170. The van der Waals surface area contributed by atoms with E-state index in [1.54, 1.807) is 34.6 Å². The molecule has 5 nitrogen and oxygen atoms in total. The summed E-state index contributed by atoms with van der Waals surface area (Å²) in [6.45, 7) is 3.56. The van der Waals surface area contributed by atoms with Crippen molar-refractivity contribution in [2.75, 3.05) is 26.3 Å². The Kier molecular flexibility index (Phi) is 5.78. The lowest BCUT2D eigenvalue weighted by atomic mass is 9.96. The van der Waals surface area contributed by atoms with E-state index in [-0.39, 0.29) is 18.4 Å². The zero-order valence-corrected chi connectivity index (χ0v) is 19.1. The summed E-state index contributed by atoms with van der Waals surface area (Å²) >= 11 is 8.14. The lowest BCUT2D eigenvalue weighted by Gasteiger charge is -2.33. The molecule has 8 heteroatoms. The van der Waals surface area contributed by atoms with Crippen molar-refractivity contribution in [3.8, 4) is 33.2 Å². The quantitative estimate of drug-likeness (QED) is 0.489. The Labute approximate surface area is 194 Å². The van der Waals surface area contributed by atoms with Crippen LogP contribution in [0.3, 0.4) is 0 Å². The van der Waals surface area contributed by atoms with Crippen LogP contribution in [0.1, 0.15) is 23.7 Å². The number of alkyl halides is 1. The normalized spacial score (nSPS) is 20.3. The monoisotopic (exact) mass is 472 g/mol. The number of halogens is 2. The largest absolute Gasteiger partial charge is 0.484 e. The van der Waals surface area contributed by atoms with Crippen LogP contribution in [0.4, 0.5) is 4.39 Å². The number of hydrogen-bond donors (Lipinski definition) is 0. The van der Waals surface area contributed by atoms with Gasteiger partial charge >= 0.3 is 0 Å². The van der Waals surface area contributed by atoms with Gasteiger partial charge in [-0.3, -0.25) is 4.79 Å². The number of rotatable bonds is 3. The molecule has 0 N–H and O–H groups in total. The van der Waals surface area contributed by atoms with Gasteiger partial charge < -0.3 is 14.4 Å². The minimum absolute atomic E-state index is 0.0130. The molecule has 1 fully saturated rings. The predicted molar refractivity (Wildman–Crippen MR) is 124 cm³/mol. The number of amides is 1. The van der Waals surface area contributed by atoms with Crippen LogP contribution in [-0.4, -0.2) is 48.3 Å². The summed E-state index contributed by atoms with van der Waals surface area (Å²) in [6.07, 6.45) is 1.39. The highest BCUT2D eigenvalue weighted by molar-refractivity contribution is 7.14. The lowest BCUT2D eigenvalue weighted by Crippen LogP contribution is -2.44. The van der Waals surface area contributed by atoms with Gasteiger partial charge in [0.1, 0.15) is 19.4 Å².